The van der Waals surface area contributed by atoms with E-state index in [0.717, 1.165) is 49.2 Å². The summed E-state index contributed by atoms with van der Waals surface area (Å²) in [5.41, 5.74) is 3.62. The molecule has 2 N–H and O–H groups in total. The van der Waals surface area contributed by atoms with Crippen LogP contribution in [-0.2, 0) is 14.3 Å². The van der Waals surface area contributed by atoms with Gasteiger partial charge in [-0.3, -0.25) is 9.59 Å². The first-order valence-electron chi connectivity index (χ1n) is 14.1. The van der Waals surface area contributed by atoms with Crippen LogP contribution < -0.4 is 0 Å². The van der Waals surface area contributed by atoms with Crippen molar-refractivity contribution in [3.63, 3.8) is 0 Å². The van der Waals surface area contributed by atoms with Crippen molar-refractivity contribution >= 4 is 11.9 Å². The number of carboxylic acids is 1. The molecule has 0 radical (unpaired) electrons. The van der Waals surface area contributed by atoms with Crippen LogP contribution in [0.25, 0.3) is 0 Å². The summed E-state index contributed by atoms with van der Waals surface area (Å²) in [5.74, 6) is 0.638. The van der Waals surface area contributed by atoms with Crippen LogP contribution in [0.15, 0.2) is 35.5 Å². The minimum absolute atomic E-state index is 0.0759. The van der Waals surface area contributed by atoms with Crippen LogP contribution in [0.5, 0.6) is 0 Å². The van der Waals surface area contributed by atoms with Gasteiger partial charge in [-0.25, -0.2) is 0 Å². The molecule has 0 aromatic rings. The van der Waals surface area contributed by atoms with E-state index in [-0.39, 0.29) is 18.9 Å². The van der Waals surface area contributed by atoms with E-state index in [2.05, 4.69) is 32.6 Å². The summed E-state index contributed by atoms with van der Waals surface area (Å²) in [6, 6.07) is 0. The van der Waals surface area contributed by atoms with Gasteiger partial charge in [0.1, 0.15) is 6.10 Å². The number of rotatable bonds is 10. The number of hydrogen-bond donors (Lipinski definition) is 2. The van der Waals surface area contributed by atoms with Crippen molar-refractivity contribution in [2.45, 2.75) is 123 Å². The largest absolute Gasteiger partial charge is 0.481 e. The van der Waals surface area contributed by atoms with Crippen molar-refractivity contribution in [3.05, 3.63) is 35.5 Å². The molecule has 3 aliphatic rings. The summed E-state index contributed by atoms with van der Waals surface area (Å²) in [7, 11) is 0. The first-order chi connectivity index (χ1) is 16.9. The molecule has 0 aliphatic heterocycles. The smallest absolute Gasteiger partial charge is 0.306 e. The van der Waals surface area contributed by atoms with Crippen LogP contribution in [0.2, 0.25) is 0 Å². The van der Waals surface area contributed by atoms with Gasteiger partial charge in [-0.15, -0.1) is 0 Å². The monoisotopic (exact) mass is 500 g/mol. The lowest BCUT2D eigenvalue weighted by Gasteiger charge is -2.44. The maximum absolute atomic E-state index is 12.0. The van der Waals surface area contributed by atoms with E-state index < -0.39 is 17.5 Å². The Morgan fingerprint density at radius 2 is 1.94 bits per heavy atom. The number of fused-ring (bicyclic) bond motifs is 1. The summed E-state index contributed by atoms with van der Waals surface area (Å²) in [5, 5.41) is 18.9. The number of carboxylic acid groups (broad SMARTS) is 1. The first-order valence-corrected chi connectivity index (χ1v) is 14.1. The fraction of sp³-hybridized carbons (Fsp3) is 0.742. The van der Waals surface area contributed by atoms with Crippen LogP contribution >= 0.6 is 0 Å². The molecule has 0 aromatic heterocycles. The normalized spacial score (nSPS) is 31.9. The lowest BCUT2D eigenvalue weighted by molar-refractivity contribution is -0.152. The second-order valence-electron chi connectivity index (χ2n) is 12.6. The number of allylic oxidation sites excluding steroid dienone is 4. The predicted molar refractivity (Wildman–Crippen MR) is 143 cm³/mol. The molecule has 202 valence electrons. The van der Waals surface area contributed by atoms with Gasteiger partial charge in [-0.05, 0) is 94.0 Å². The molecule has 0 amide bonds. The highest BCUT2D eigenvalue weighted by Gasteiger charge is 2.50. The van der Waals surface area contributed by atoms with E-state index in [1.807, 2.05) is 13.8 Å². The molecule has 5 heteroatoms. The van der Waals surface area contributed by atoms with Crippen LogP contribution in [0, 0.1) is 23.2 Å². The second-order valence-corrected chi connectivity index (χ2v) is 12.6. The number of esters is 1. The molecule has 0 saturated heterocycles. The average Bonchev–Trinajstić information content (AvgIpc) is 3.14. The predicted octanol–water partition coefficient (Wildman–Crippen LogP) is 7.15. The Kier molecular flexibility index (Phi) is 9.65. The molecule has 5 atom stereocenters. The molecule has 5 nitrogen and oxygen atoms in total. The van der Waals surface area contributed by atoms with Gasteiger partial charge in [0.2, 0.25) is 0 Å². The molecule has 3 saturated carbocycles. The Balaban J connectivity index is 1.64. The molecule has 3 rings (SSSR count). The summed E-state index contributed by atoms with van der Waals surface area (Å²) < 4.78 is 5.57. The van der Waals surface area contributed by atoms with E-state index in [1.54, 1.807) is 5.57 Å². The zero-order valence-corrected chi connectivity index (χ0v) is 23.0. The fourth-order valence-corrected chi connectivity index (χ4v) is 7.21. The summed E-state index contributed by atoms with van der Waals surface area (Å²) in [6.45, 7) is 13.0. The zero-order valence-electron chi connectivity index (χ0n) is 23.0. The molecule has 36 heavy (non-hydrogen) atoms. The van der Waals surface area contributed by atoms with Gasteiger partial charge in [0.05, 0.1) is 18.4 Å². The van der Waals surface area contributed by atoms with Gasteiger partial charge in [0.25, 0.3) is 0 Å². The fourth-order valence-electron chi connectivity index (χ4n) is 7.21. The number of aliphatic carboxylic acids is 1. The van der Waals surface area contributed by atoms with Crippen LogP contribution in [0.1, 0.15) is 111 Å². The summed E-state index contributed by atoms with van der Waals surface area (Å²) >= 11 is 0. The number of carbonyl (C=O) groups is 2. The van der Waals surface area contributed by atoms with E-state index in [1.165, 1.54) is 32.1 Å². The molecule has 0 aromatic carbocycles. The molecule has 0 unspecified atom stereocenters. The average molecular weight is 501 g/mol. The Labute approximate surface area is 218 Å². The molecular formula is C31H48O5. The minimum Gasteiger partial charge on any atom is -0.481 e. The minimum atomic E-state index is -0.978. The van der Waals surface area contributed by atoms with E-state index in [4.69, 9.17) is 9.84 Å². The highest BCUT2D eigenvalue weighted by molar-refractivity contribution is 5.76. The molecular weight excluding hydrogens is 452 g/mol. The third-order valence-electron chi connectivity index (χ3n) is 9.18. The van der Waals surface area contributed by atoms with Crippen LogP contribution in [-0.4, -0.2) is 33.9 Å². The maximum Gasteiger partial charge on any atom is 0.306 e. The first kappa shape index (κ1) is 28.7. The van der Waals surface area contributed by atoms with Crippen molar-refractivity contribution in [3.8, 4) is 0 Å². The number of carbonyl (C=O) groups excluding carboxylic acids is 1. The van der Waals surface area contributed by atoms with Crippen molar-refractivity contribution < 1.29 is 24.5 Å². The van der Waals surface area contributed by atoms with Crippen LogP contribution in [0.4, 0.5) is 0 Å². The standard InChI is InChI=1S/C31H48O5/c1-21-10-13-25(36-29(34)17-16-28(32)33)20-24(21)12-11-23-9-7-19-31(5)26(14-15-27(23)31)22(2)8-6-18-30(3,4)35/h11-12,22,25-27,35H,1,6-10,13-20H2,2-5H3,(H,32,33)/b23-11+,24-12+/t22-,25+,26-,27+,31-/m1/s1. The second kappa shape index (κ2) is 12.1. The van der Waals surface area contributed by atoms with Gasteiger partial charge in [-0.1, -0.05) is 56.6 Å². The van der Waals surface area contributed by atoms with Gasteiger partial charge in [0, 0.05) is 6.42 Å². The molecule has 0 bridgehead atoms. The number of aliphatic hydroxyl groups is 1. The quantitative estimate of drug-likeness (QED) is 0.311. The van der Waals surface area contributed by atoms with E-state index in [0.29, 0.717) is 23.7 Å². The Morgan fingerprint density at radius 1 is 1.19 bits per heavy atom. The van der Waals surface area contributed by atoms with Crippen molar-refractivity contribution in [2.75, 3.05) is 0 Å². The Morgan fingerprint density at radius 3 is 2.64 bits per heavy atom. The Bertz CT molecular complexity index is 876. The lowest BCUT2D eigenvalue weighted by Crippen LogP contribution is -2.36. The zero-order chi connectivity index (χ0) is 26.5. The van der Waals surface area contributed by atoms with Gasteiger partial charge in [-0.2, -0.15) is 0 Å². The Hall–Kier alpha value is -1.88. The van der Waals surface area contributed by atoms with Crippen LogP contribution in [0.3, 0.4) is 0 Å². The number of ether oxygens (including phenoxy) is 1. The molecule has 0 heterocycles. The van der Waals surface area contributed by atoms with Crippen molar-refractivity contribution in [1.82, 2.24) is 0 Å². The van der Waals surface area contributed by atoms with Gasteiger partial charge >= 0.3 is 11.9 Å². The van der Waals surface area contributed by atoms with Gasteiger partial charge in [0.15, 0.2) is 0 Å². The molecule has 0 spiro atoms. The summed E-state index contributed by atoms with van der Waals surface area (Å²) in [6.07, 6.45) is 15.7. The molecule has 3 aliphatic carbocycles. The van der Waals surface area contributed by atoms with Crippen molar-refractivity contribution in [2.24, 2.45) is 23.2 Å². The maximum atomic E-state index is 12.0. The third-order valence-corrected chi connectivity index (χ3v) is 9.18. The van der Waals surface area contributed by atoms with E-state index in [9.17, 15) is 14.7 Å². The SMILES string of the molecule is C=C1CC[C@H](OC(=O)CCC(=O)O)C/C1=C\C=C1/CCC[C@]2(C)[C@@H]([C@H](C)CCCC(C)(C)O)CC[C@@H]12. The summed E-state index contributed by atoms with van der Waals surface area (Å²) in [4.78, 5) is 22.7. The lowest BCUT2D eigenvalue weighted by atomic mass is 9.60. The highest BCUT2D eigenvalue weighted by atomic mass is 16.5. The van der Waals surface area contributed by atoms with Crippen molar-refractivity contribution in [1.29, 1.82) is 0 Å². The molecule has 3 fully saturated rings. The topological polar surface area (TPSA) is 83.8 Å². The third kappa shape index (κ3) is 7.57. The number of hydrogen-bond acceptors (Lipinski definition) is 4. The van der Waals surface area contributed by atoms with Gasteiger partial charge < -0.3 is 14.9 Å². The van der Waals surface area contributed by atoms with E-state index >= 15 is 0 Å². The highest BCUT2D eigenvalue weighted by Crippen LogP contribution is 2.60.